The number of aromatic nitrogens is 2. The first-order chi connectivity index (χ1) is 8.65. The largest absolute Gasteiger partial charge is 0.354 e. The number of ether oxygens (including phenoxy) is 2. The second-order valence-corrected chi connectivity index (χ2v) is 4.31. The molecule has 1 N–H and O–H groups in total. The van der Waals surface area contributed by atoms with E-state index in [0.717, 1.165) is 25.1 Å². The molecule has 0 radical (unpaired) electrons. The number of nitrogens with zero attached hydrogens (tertiary/aromatic N) is 2. The summed E-state index contributed by atoms with van der Waals surface area (Å²) < 4.78 is 12.6. The van der Waals surface area contributed by atoms with Crippen LogP contribution in [0.4, 0.5) is 0 Å². The molecule has 1 aromatic heterocycles. The van der Waals surface area contributed by atoms with E-state index in [1.807, 2.05) is 11.7 Å². The summed E-state index contributed by atoms with van der Waals surface area (Å²) in [5.74, 6) is 0. The van der Waals surface area contributed by atoms with Crippen molar-refractivity contribution >= 4 is 0 Å². The average molecular weight is 255 g/mol. The highest BCUT2D eigenvalue weighted by atomic mass is 16.7. The van der Waals surface area contributed by atoms with Gasteiger partial charge < -0.3 is 14.8 Å². The van der Waals surface area contributed by atoms with Crippen molar-refractivity contribution in [2.24, 2.45) is 7.05 Å². The van der Waals surface area contributed by atoms with Crippen molar-refractivity contribution in [1.29, 1.82) is 0 Å². The Morgan fingerprint density at radius 1 is 1.33 bits per heavy atom. The lowest BCUT2D eigenvalue weighted by Gasteiger charge is -2.25. The summed E-state index contributed by atoms with van der Waals surface area (Å²) in [5, 5.41) is 7.86. The van der Waals surface area contributed by atoms with Crippen LogP contribution in [0.3, 0.4) is 0 Å². The second kappa shape index (κ2) is 7.51. The third-order valence-corrected chi connectivity index (χ3v) is 3.08. The van der Waals surface area contributed by atoms with Gasteiger partial charge in [-0.1, -0.05) is 13.8 Å². The molecule has 0 saturated carbocycles. The minimum absolute atomic E-state index is 0.130. The Bertz CT molecular complexity index is 348. The van der Waals surface area contributed by atoms with E-state index in [0.29, 0.717) is 0 Å². The van der Waals surface area contributed by atoms with Crippen LogP contribution in [0.5, 0.6) is 0 Å². The van der Waals surface area contributed by atoms with Crippen molar-refractivity contribution in [1.82, 2.24) is 15.1 Å². The lowest BCUT2D eigenvalue weighted by molar-refractivity contribution is -0.122. The molecular formula is C13H25N3O2. The van der Waals surface area contributed by atoms with Crippen LogP contribution in [-0.4, -0.2) is 42.9 Å². The number of rotatable bonds is 8. The SMILES string of the molecule is CCNC(Cc1cc(CC)nn1C)C(OC)OC. The van der Waals surface area contributed by atoms with Gasteiger partial charge >= 0.3 is 0 Å². The minimum atomic E-state index is -0.245. The van der Waals surface area contributed by atoms with E-state index >= 15 is 0 Å². The molecule has 0 aliphatic heterocycles. The van der Waals surface area contributed by atoms with E-state index in [-0.39, 0.29) is 12.3 Å². The van der Waals surface area contributed by atoms with Crippen LogP contribution in [0.2, 0.25) is 0 Å². The molecule has 0 saturated heterocycles. The maximum Gasteiger partial charge on any atom is 0.172 e. The minimum Gasteiger partial charge on any atom is -0.354 e. The molecular weight excluding hydrogens is 230 g/mol. The molecule has 1 unspecified atom stereocenters. The molecule has 0 amide bonds. The molecule has 1 rings (SSSR count). The zero-order valence-electron chi connectivity index (χ0n) is 12.1. The van der Waals surface area contributed by atoms with Gasteiger partial charge in [0.15, 0.2) is 6.29 Å². The number of nitrogens with one attached hydrogen (secondary N) is 1. The van der Waals surface area contributed by atoms with Crippen molar-refractivity contribution in [3.8, 4) is 0 Å². The van der Waals surface area contributed by atoms with Gasteiger partial charge in [-0.15, -0.1) is 0 Å². The fraction of sp³-hybridized carbons (Fsp3) is 0.769. The van der Waals surface area contributed by atoms with Gasteiger partial charge in [-0.25, -0.2) is 0 Å². The van der Waals surface area contributed by atoms with Crippen LogP contribution in [0.15, 0.2) is 6.07 Å². The van der Waals surface area contributed by atoms with Crippen molar-refractivity contribution in [3.63, 3.8) is 0 Å². The maximum atomic E-state index is 5.34. The quantitative estimate of drug-likeness (QED) is 0.707. The second-order valence-electron chi connectivity index (χ2n) is 4.31. The topological polar surface area (TPSA) is 48.3 Å². The van der Waals surface area contributed by atoms with Crippen LogP contribution in [-0.2, 0) is 29.4 Å². The monoisotopic (exact) mass is 255 g/mol. The zero-order chi connectivity index (χ0) is 13.5. The molecule has 18 heavy (non-hydrogen) atoms. The standard InChI is InChI=1S/C13H25N3O2/c1-6-10-8-11(16(3)15-10)9-12(14-7-2)13(17-4)18-5/h8,12-14H,6-7,9H2,1-5H3. The fourth-order valence-corrected chi connectivity index (χ4v) is 2.11. The Hall–Kier alpha value is -0.910. The maximum absolute atomic E-state index is 5.34. The summed E-state index contributed by atoms with van der Waals surface area (Å²) in [5.41, 5.74) is 2.31. The predicted molar refractivity (Wildman–Crippen MR) is 71.6 cm³/mol. The molecule has 1 aromatic rings. The van der Waals surface area contributed by atoms with Crippen LogP contribution in [0, 0.1) is 0 Å². The summed E-state index contributed by atoms with van der Waals surface area (Å²) in [7, 11) is 5.31. The zero-order valence-corrected chi connectivity index (χ0v) is 12.1. The summed E-state index contributed by atoms with van der Waals surface area (Å²) in [4.78, 5) is 0. The Labute approximate surface area is 109 Å². The fourth-order valence-electron chi connectivity index (χ4n) is 2.11. The van der Waals surface area contributed by atoms with Gasteiger partial charge in [0.2, 0.25) is 0 Å². The number of aryl methyl sites for hydroxylation is 2. The highest BCUT2D eigenvalue weighted by molar-refractivity contribution is 5.11. The smallest absolute Gasteiger partial charge is 0.172 e. The van der Waals surface area contributed by atoms with Gasteiger partial charge in [0, 0.05) is 33.4 Å². The Morgan fingerprint density at radius 3 is 2.44 bits per heavy atom. The number of methoxy groups -OCH3 is 2. The molecule has 0 aliphatic rings. The first-order valence-corrected chi connectivity index (χ1v) is 6.46. The van der Waals surface area contributed by atoms with Gasteiger partial charge in [0.25, 0.3) is 0 Å². The van der Waals surface area contributed by atoms with Gasteiger partial charge in [-0.3, -0.25) is 4.68 Å². The molecule has 0 spiro atoms. The molecule has 1 heterocycles. The molecule has 0 aromatic carbocycles. The number of hydrogen-bond acceptors (Lipinski definition) is 4. The van der Waals surface area contributed by atoms with Crippen LogP contribution >= 0.6 is 0 Å². The van der Waals surface area contributed by atoms with Gasteiger partial charge in [0.05, 0.1) is 11.7 Å². The third-order valence-electron chi connectivity index (χ3n) is 3.08. The van der Waals surface area contributed by atoms with Crippen LogP contribution in [0.25, 0.3) is 0 Å². The first kappa shape index (κ1) is 15.1. The van der Waals surface area contributed by atoms with Gasteiger partial charge in [-0.05, 0) is 19.0 Å². The Kier molecular flexibility index (Phi) is 6.32. The van der Waals surface area contributed by atoms with Gasteiger partial charge in [-0.2, -0.15) is 5.10 Å². The summed E-state index contributed by atoms with van der Waals surface area (Å²) >= 11 is 0. The highest BCUT2D eigenvalue weighted by Crippen LogP contribution is 2.11. The number of hydrogen-bond donors (Lipinski definition) is 1. The van der Waals surface area contributed by atoms with E-state index < -0.39 is 0 Å². The van der Waals surface area contributed by atoms with E-state index in [1.54, 1.807) is 14.2 Å². The average Bonchev–Trinajstić information content (AvgIpc) is 2.72. The highest BCUT2D eigenvalue weighted by Gasteiger charge is 2.21. The van der Waals surface area contributed by atoms with Crippen molar-refractivity contribution in [2.45, 2.75) is 39.0 Å². The summed E-state index contributed by atoms with van der Waals surface area (Å²) in [6, 6.07) is 2.28. The van der Waals surface area contributed by atoms with Crippen molar-refractivity contribution < 1.29 is 9.47 Å². The molecule has 0 fully saturated rings. The summed E-state index contributed by atoms with van der Waals surface area (Å²) in [6.45, 7) is 5.07. The van der Waals surface area contributed by atoms with E-state index in [4.69, 9.17) is 9.47 Å². The van der Waals surface area contributed by atoms with E-state index in [1.165, 1.54) is 5.69 Å². The Morgan fingerprint density at radius 2 is 2.00 bits per heavy atom. The normalized spacial score (nSPS) is 13.2. The lowest BCUT2D eigenvalue weighted by Crippen LogP contribution is -2.43. The Balaban J connectivity index is 2.78. The van der Waals surface area contributed by atoms with Crippen molar-refractivity contribution in [3.05, 3.63) is 17.5 Å². The molecule has 5 heteroatoms. The third kappa shape index (κ3) is 3.80. The first-order valence-electron chi connectivity index (χ1n) is 6.46. The van der Waals surface area contributed by atoms with Gasteiger partial charge in [0.1, 0.15) is 0 Å². The predicted octanol–water partition coefficient (Wildman–Crippen LogP) is 1.12. The molecule has 0 aliphatic carbocycles. The summed E-state index contributed by atoms with van der Waals surface area (Å²) in [6.07, 6.45) is 1.55. The van der Waals surface area contributed by atoms with Crippen LogP contribution in [0.1, 0.15) is 25.2 Å². The van der Waals surface area contributed by atoms with E-state index in [2.05, 4.69) is 30.3 Å². The molecule has 0 bridgehead atoms. The lowest BCUT2D eigenvalue weighted by atomic mass is 10.1. The molecule has 1 atom stereocenters. The van der Waals surface area contributed by atoms with E-state index in [9.17, 15) is 0 Å². The molecule has 5 nitrogen and oxygen atoms in total. The van der Waals surface area contributed by atoms with Crippen molar-refractivity contribution in [2.75, 3.05) is 20.8 Å². The molecule has 104 valence electrons. The number of likely N-dealkylation sites (N-methyl/N-ethyl adjacent to an activating group) is 1. The van der Waals surface area contributed by atoms with Crippen LogP contribution < -0.4 is 5.32 Å².